The Morgan fingerprint density at radius 3 is 2.53 bits per heavy atom. The predicted octanol–water partition coefficient (Wildman–Crippen LogP) is 1.29. The first-order valence-corrected chi connectivity index (χ1v) is 5.29. The van der Waals surface area contributed by atoms with E-state index in [1.807, 2.05) is 0 Å². The summed E-state index contributed by atoms with van der Waals surface area (Å²) in [6.45, 7) is 3.35. The molecule has 1 aromatic carbocycles. The van der Waals surface area contributed by atoms with Gasteiger partial charge in [-0.2, -0.15) is 0 Å². The molecule has 1 aromatic rings. The number of carboxylic acids is 1. The third-order valence-corrected chi connectivity index (χ3v) is 2.47. The van der Waals surface area contributed by atoms with Crippen LogP contribution in [0.2, 0.25) is 0 Å². The number of nitrogens with one attached hydrogen (secondary N) is 1. The first-order chi connectivity index (χ1) is 7.95. The molecule has 1 rings (SSSR count). The summed E-state index contributed by atoms with van der Waals surface area (Å²) < 4.78 is 0. The van der Waals surface area contributed by atoms with E-state index in [2.05, 4.69) is 5.32 Å². The second kappa shape index (κ2) is 5.34. The van der Waals surface area contributed by atoms with Gasteiger partial charge in [0, 0.05) is 5.56 Å². The summed E-state index contributed by atoms with van der Waals surface area (Å²) >= 11 is 0. The van der Waals surface area contributed by atoms with Crippen molar-refractivity contribution in [2.24, 2.45) is 0 Å². The molecule has 5 nitrogen and oxygen atoms in total. The molecule has 0 heterocycles. The highest BCUT2D eigenvalue weighted by atomic mass is 16.4. The summed E-state index contributed by atoms with van der Waals surface area (Å²) in [5.41, 5.74) is 0.904. The van der Waals surface area contributed by atoms with Crippen LogP contribution >= 0.6 is 0 Å². The van der Waals surface area contributed by atoms with Crippen LogP contribution in [-0.4, -0.2) is 28.1 Å². The lowest BCUT2D eigenvalue weighted by atomic mass is 10.1. The zero-order chi connectivity index (χ0) is 13.0. The number of benzene rings is 1. The summed E-state index contributed by atoms with van der Waals surface area (Å²) in [5, 5.41) is 20.5. The summed E-state index contributed by atoms with van der Waals surface area (Å²) in [7, 11) is 0. The Morgan fingerprint density at radius 2 is 2.06 bits per heavy atom. The molecule has 0 aliphatic rings. The summed E-state index contributed by atoms with van der Waals surface area (Å²) in [5.74, 6) is -1.41. The van der Waals surface area contributed by atoms with E-state index in [1.165, 1.54) is 18.2 Å². The number of aryl methyl sites for hydroxylation is 1. The number of rotatable bonds is 4. The molecule has 0 saturated carbocycles. The lowest BCUT2D eigenvalue weighted by Gasteiger charge is -2.12. The molecular weight excluding hydrogens is 222 g/mol. The van der Waals surface area contributed by atoms with Crippen LogP contribution in [0.3, 0.4) is 0 Å². The molecule has 0 aliphatic heterocycles. The van der Waals surface area contributed by atoms with Crippen molar-refractivity contribution in [1.82, 2.24) is 5.32 Å². The predicted molar refractivity (Wildman–Crippen MR) is 62.0 cm³/mol. The molecule has 0 bridgehead atoms. The third kappa shape index (κ3) is 3.21. The second-order valence-electron chi connectivity index (χ2n) is 3.77. The van der Waals surface area contributed by atoms with Gasteiger partial charge in [-0.25, -0.2) is 4.79 Å². The number of aromatic hydroxyl groups is 1. The fourth-order valence-electron chi connectivity index (χ4n) is 1.38. The van der Waals surface area contributed by atoms with E-state index in [9.17, 15) is 14.7 Å². The van der Waals surface area contributed by atoms with Gasteiger partial charge in [0.15, 0.2) is 0 Å². The number of phenolic OH excluding ortho intramolecular Hbond substituents is 1. The van der Waals surface area contributed by atoms with E-state index >= 15 is 0 Å². The van der Waals surface area contributed by atoms with E-state index < -0.39 is 17.9 Å². The fourth-order valence-corrected chi connectivity index (χ4v) is 1.38. The van der Waals surface area contributed by atoms with Crippen LogP contribution in [0.1, 0.15) is 29.3 Å². The maximum absolute atomic E-state index is 11.7. The Labute approximate surface area is 99.1 Å². The Balaban J connectivity index is 2.82. The average molecular weight is 237 g/mol. The summed E-state index contributed by atoms with van der Waals surface area (Å²) in [6.07, 6.45) is 0.318. The largest absolute Gasteiger partial charge is 0.508 e. The fraction of sp³-hybridized carbons (Fsp3) is 0.333. The van der Waals surface area contributed by atoms with Gasteiger partial charge < -0.3 is 15.5 Å². The Morgan fingerprint density at radius 1 is 1.41 bits per heavy atom. The van der Waals surface area contributed by atoms with E-state index in [0.29, 0.717) is 17.5 Å². The Kier molecular flexibility index (Phi) is 4.09. The third-order valence-electron chi connectivity index (χ3n) is 2.47. The van der Waals surface area contributed by atoms with Crippen LogP contribution in [0.5, 0.6) is 5.75 Å². The van der Waals surface area contributed by atoms with Crippen LogP contribution in [-0.2, 0) is 4.79 Å². The molecule has 5 heteroatoms. The lowest BCUT2D eigenvalue weighted by molar-refractivity contribution is -0.139. The first kappa shape index (κ1) is 13.0. The van der Waals surface area contributed by atoms with Gasteiger partial charge in [-0.15, -0.1) is 0 Å². The van der Waals surface area contributed by atoms with Crippen LogP contribution in [0, 0.1) is 6.92 Å². The van der Waals surface area contributed by atoms with Crippen molar-refractivity contribution in [2.75, 3.05) is 0 Å². The van der Waals surface area contributed by atoms with Gasteiger partial charge in [0.1, 0.15) is 11.8 Å². The maximum Gasteiger partial charge on any atom is 0.326 e. The van der Waals surface area contributed by atoms with Crippen molar-refractivity contribution >= 4 is 11.9 Å². The molecule has 0 aromatic heterocycles. The van der Waals surface area contributed by atoms with Gasteiger partial charge in [-0.05, 0) is 37.1 Å². The molecule has 1 amide bonds. The molecule has 0 radical (unpaired) electrons. The molecule has 1 atom stereocenters. The molecule has 0 fully saturated rings. The number of aliphatic carboxylic acids is 1. The monoisotopic (exact) mass is 237 g/mol. The van der Waals surface area contributed by atoms with Crippen molar-refractivity contribution in [1.29, 1.82) is 0 Å². The highest BCUT2D eigenvalue weighted by molar-refractivity contribution is 5.96. The second-order valence-corrected chi connectivity index (χ2v) is 3.77. The number of hydrogen-bond acceptors (Lipinski definition) is 3. The molecular formula is C12H15NO4. The Bertz CT molecular complexity index is 442. The van der Waals surface area contributed by atoms with Crippen molar-refractivity contribution < 1.29 is 19.8 Å². The number of hydrogen-bond donors (Lipinski definition) is 3. The minimum absolute atomic E-state index is 0.104. The minimum atomic E-state index is -1.06. The van der Waals surface area contributed by atoms with Gasteiger partial charge in [-0.1, -0.05) is 6.92 Å². The molecule has 3 N–H and O–H groups in total. The van der Waals surface area contributed by atoms with E-state index in [1.54, 1.807) is 13.8 Å². The number of phenols is 1. The molecule has 0 spiro atoms. The van der Waals surface area contributed by atoms with Crippen LogP contribution < -0.4 is 5.32 Å². The average Bonchev–Trinajstić information content (AvgIpc) is 2.28. The van der Waals surface area contributed by atoms with E-state index in [-0.39, 0.29) is 5.75 Å². The topological polar surface area (TPSA) is 86.6 Å². The van der Waals surface area contributed by atoms with Crippen molar-refractivity contribution in [3.8, 4) is 5.75 Å². The highest BCUT2D eigenvalue weighted by Gasteiger charge is 2.18. The van der Waals surface area contributed by atoms with Crippen LogP contribution in [0.25, 0.3) is 0 Å². The first-order valence-electron chi connectivity index (χ1n) is 5.29. The highest BCUT2D eigenvalue weighted by Crippen LogP contribution is 2.16. The Hall–Kier alpha value is -2.04. The standard InChI is InChI=1S/C12H15NO4/c1-3-9(12(16)17)13-11(15)8-4-5-10(14)7(2)6-8/h4-6,9,14H,3H2,1-2H3,(H,13,15)(H,16,17)/t9-/m1/s1. The lowest BCUT2D eigenvalue weighted by Crippen LogP contribution is -2.40. The molecule has 0 saturated heterocycles. The van der Waals surface area contributed by atoms with Crippen molar-refractivity contribution in [2.45, 2.75) is 26.3 Å². The molecule has 0 unspecified atom stereocenters. The smallest absolute Gasteiger partial charge is 0.326 e. The number of carbonyl (C=O) groups excluding carboxylic acids is 1. The van der Waals surface area contributed by atoms with E-state index in [0.717, 1.165) is 0 Å². The quantitative estimate of drug-likeness (QED) is 0.736. The van der Waals surface area contributed by atoms with Gasteiger partial charge >= 0.3 is 5.97 Å². The molecule has 92 valence electrons. The van der Waals surface area contributed by atoms with Gasteiger partial charge in [0.2, 0.25) is 0 Å². The van der Waals surface area contributed by atoms with E-state index in [4.69, 9.17) is 5.11 Å². The number of amides is 1. The van der Waals surface area contributed by atoms with Crippen molar-refractivity contribution in [3.63, 3.8) is 0 Å². The van der Waals surface area contributed by atoms with Crippen LogP contribution in [0.4, 0.5) is 0 Å². The molecule has 0 aliphatic carbocycles. The summed E-state index contributed by atoms with van der Waals surface area (Å²) in [4.78, 5) is 22.5. The van der Waals surface area contributed by atoms with Gasteiger partial charge in [0.05, 0.1) is 0 Å². The van der Waals surface area contributed by atoms with Gasteiger partial charge in [0.25, 0.3) is 5.91 Å². The van der Waals surface area contributed by atoms with Crippen LogP contribution in [0.15, 0.2) is 18.2 Å². The molecule has 17 heavy (non-hydrogen) atoms. The zero-order valence-electron chi connectivity index (χ0n) is 9.73. The SMILES string of the molecule is CC[C@@H](NC(=O)c1ccc(O)c(C)c1)C(=O)O. The summed E-state index contributed by atoms with van der Waals surface area (Å²) in [6, 6.07) is 3.48. The van der Waals surface area contributed by atoms with Gasteiger partial charge in [-0.3, -0.25) is 4.79 Å². The maximum atomic E-state index is 11.7. The zero-order valence-corrected chi connectivity index (χ0v) is 9.73. The van der Waals surface area contributed by atoms with Crippen molar-refractivity contribution in [3.05, 3.63) is 29.3 Å². The number of carboxylic acid groups (broad SMARTS) is 1. The normalized spacial score (nSPS) is 11.9. The number of carbonyl (C=O) groups is 2. The minimum Gasteiger partial charge on any atom is -0.508 e.